The largest absolute Gasteiger partial charge is 0.437 e. The van der Waals surface area contributed by atoms with Crippen LogP contribution in [0.1, 0.15) is 5.56 Å². The first-order valence-corrected chi connectivity index (χ1v) is 5.88. The molecule has 1 aromatic heterocycles. The molecule has 0 aliphatic carbocycles. The Labute approximate surface area is 114 Å². The summed E-state index contributed by atoms with van der Waals surface area (Å²) in [7, 11) is 1.63. The average molecular weight is 285 g/mol. The summed E-state index contributed by atoms with van der Waals surface area (Å²) < 4.78 is 10.6. The maximum Gasteiger partial charge on any atom is 0.242 e. The Morgan fingerprint density at radius 3 is 2.89 bits per heavy atom. The van der Waals surface area contributed by atoms with Crippen molar-refractivity contribution in [2.24, 2.45) is 0 Å². The Kier molecular flexibility index (Phi) is 4.36. The third-order valence-electron chi connectivity index (χ3n) is 2.11. The number of rotatable bonds is 4. The van der Waals surface area contributed by atoms with Crippen molar-refractivity contribution in [2.75, 3.05) is 7.11 Å². The van der Waals surface area contributed by atoms with Gasteiger partial charge in [-0.15, -0.1) is 0 Å². The summed E-state index contributed by atoms with van der Waals surface area (Å²) in [6, 6.07) is 7.44. The standard InChI is InChI=1S/C12H10Cl2N2O2/c1-17-7-8-3-2-4-9(5-8)18-11-10(13)6-15-12(14)16-11/h2-6H,7H2,1H3. The fourth-order valence-electron chi connectivity index (χ4n) is 1.38. The Hall–Kier alpha value is -1.36. The fraction of sp³-hybridized carbons (Fsp3) is 0.167. The highest BCUT2D eigenvalue weighted by Gasteiger charge is 2.07. The molecule has 18 heavy (non-hydrogen) atoms. The summed E-state index contributed by atoms with van der Waals surface area (Å²) in [5.74, 6) is 0.840. The quantitative estimate of drug-likeness (QED) is 0.803. The molecule has 1 aromatic carbocycles. The minimum Gasteiger partial charge on any atom is -0.437 e. The number of methoxy groups -OCH3 is 1. The van der Waals surface area contributed by atoms with Crippen LogP contribution in [0, 0.1) is 0 Å². The number of nitrogens with zero attached hydrogens (tertiary/aromatic N) is 2. The van der Waals surface area contributed by atoms with Gasteiger partial charge in [0.1, 0.15) is 10.8 Å². The third-order valence-corrected chi connectivity index (χ3v) is 2.55. The van der Waals surface area contributed by atoms with Crippen molar-refractivity contribution in [1.82, 2.24) is 9.97 Å². The van der Waals surface area contributed by atoms with E-state index in [1.807, 2.05) is 18.2 Å². The van der Waals surface area contributed by atoms with E-state index in [9.17, 15) is 0 Å². The zero-order valence-electron chi connectivity index (χ0n) is 9.56. The molecule has 0 fully saturated rings. The minimum absolute atomic E-state index is 0.0856. The van der Waals surface area contributed by atoms with Gasteiger partial charge in [-0.05, 0) is 29.3 Å². The molecule has 0 atom stereocenters. The van der Waals surface area contributed by atoms with Gasteiger partial charge in [0.25, 0.3) is 0 Å². The predicted octanol–water partition coefficient (Wildman–Crippen LogP) is 3.72. The molecule has 0 unspecified atom stereocenters. The Balaban J connectivity index is 2.22. The molecule has 0 amide bonds. The number of hydrogen-bond acceptors (Lipinski definition) is 4. The smallest absolute Gasteiger partial charge is 0.242 e. The summed E-state index contributed by atoms with van der Waals surface area (Å²) in [6.45, 7) is 0.509. The molecule has 4 nitrogen and oxygen atoms in total. The number of halogens is 2. The second-order valence-electron chi connectivity index (χ2n) is 3.47. The van der Waals surface area contributed by atoms with Gasteiger partial charge in [0, 0.05) is 7.11 Å². The second kappa shape index (κ2) is 6.00. The predicted molar refractivity (Wildman–Crippen MR) is 69.3 cm³/mol. The van der Waals surface area contributed by atoms with Gasteiger partial charge in [0.2, 0.25) is 11.2 Å². The number of hydrogen-bond donors (Lipinski definition) is 0. The third kappa shape index (κ3) is 3.32. The maximum atomic E-state index is 5.91. The first-order chi connectivity index (χ1) is 8.69. The molecule has 1 heterocycles. The van der Waals surface area contributed by atoms with E-state index in [0.29, 0.717) is 17.4 Å². The first-order valence-electron chi connectivity index (χ1n) is 5.13. The summed E-state index contributed by atoms with van der Waals surface area (Å²) in [5.41, 5.74) is 0.992. The summed E-state index contributed by atoms with van der Waals surface area (Å²) in [5, 5.41) is 0.388. The van der Waals surface area contributed by atoms with Crippen LogP contribution in [0.25, 0.3) is 0 Å². The molecular formula is C12H10Cl2N2O2. The van der Waals surface area contributed by atoms with Crippen molar-refractivity contribution in [3.63, 3.8) is 0 Å². The van der Waals surface area contributed by atoms with E-state index in [1.54, 1.807) is 13.2 Å². The molecule has 0 radical (unpaired) electrons. The molecule has 2 rings (SSSR count). The van der Waals surface area contributed by atoms with Crippen LogP contribution >= 0.6 is 23.2 Å². The molecule has 6 heteroatoms. The highest BCUT2D eigenvalue weighted by molar-refractivity contribution is 6.32. The van der Waals surface area contributed by atoms with Gasteiger partial charge in [0.05, 0.1) is 12.8 Å². The molecule has 94 valence electrons. The van der Waals surface area contributed by atoms with Gasteiger partial charge >= 0.3 is 0 Å². The van der Waals surface area contributed by atoms with Crippen molar-refractivity contribution in [1.29, 1.82) is 0 Å². The Morgan fingerprint density at radius 2 is 2.11 bits per heavy atom. The van der Waals surface area contributed by atoms with Crippen LogP contribution in [0.4, 0.5) is 0 Å². The van der Waals surface area contributed by atoms with Crippen molar-refractivity contribution < 1.29 is 9.47 Å². The Bertz CT molecular complexity index is 549. The van der Waals surface area contributed by atoms with E-state index in [2.05, 4.69) is 9.97 Å². The monoisotopic (exact) mass is 284 g/mol. The normalized spacial score (nSPS) is 10.4. The van der Waals surface area contributed by atoms with Gasteiger partial charge in [-0.1, -0.05) is 23.7 Å². The van der Waals surface area contributed by atoms with Crippen LogP contribution < -0.4 is 4.74 Å². The maximum absolute atomic E-state index is 5.91. The van der Waals surface area contributed by atoms with E-state index in [0.717, 1.165) is 5.56 Å². The molecule has 0 aliphatic heterocycles. The van der Waals surface area contributed by atoms with Crippen molar-refractivity contribution in [3.05, 3.63) is 46.3 Å². The molecule has 0 N–H and O–H groups in total. The second-order valence-corrected chi connectivity index (χ2v) is 4.22. The van der Waals surface area contributed by atoms with Crippen molar-refractivity contribution in [3.8, 4) is 11.6 Å². The van der Waals surface area contributed by atoms with Crippen LogP contribution in [0.5, 0.6) is 11.6 Å². The van der Waals surface area contributed by atoms with Gasteiger partial charge in [-0.25, -0.2) is 4.98 Å². The highest BCUT2D eigenvalue weighted by Crippen LogP contribution is 2.27. The minimum atomic E-state index is 0.0856. The topological polar surface area (TPSA) is 44.2 Å². The summed E-state index contributed by atoms with van der Waals surface area (Å²) in [4.78, 5) is 7.66. The van der Waals surface area contributed by atoms with Gasteiger partial charge in [-0.3, -0.25) is 0 Å². The molecule has 0 spiro atoms. The van der Waals surface area contributed by atoms with Crippen molar-refractivity contribution >= 4 is 23.2 Å². The van der Waals surface area contributed by atoms with Crippen molar-refractivity contribution in [2.45, 2.75) is 6.61 Å². The van der Waals surface area contributed by atoms with Gasteiger partial charge in [0.15, 0.2) is 0 Å². The lowest BCUT2D eigenvalue weighted by Crippen LogP contribution is -1.93. The van der Waals surface area contributed by atoms with E-state index in [1.165, 1.54) is 6.20 Å². The van der Waals surface area contributed by atoms with E-state index >= 15 is 0 Å². The van der Waals surface area contributed by atoms with Crippen LogP contribution in [0.15, 0.2) is 30.5 Å². The van der Waals surface area contributed by atoms with E-state index < -0.39 is 0 Å². The zero-order chi connectivity index (χ0) is 13.0. The van der Waals surface area contributed by atoms with E-state index in [4.69, 9.17) is 32.7 Å². The van der Waals surface area contributed by atoms with Crippen LogP contribution in [0.2, 0.25) is 10.3 Å². The summed E-state index contributed by atoms with van der Waals surface area (Å²) in [6.07, 6.45) is 1.39. The van der Waals surface area contributed by atoms with Gasteiger partial charge in [-0.2, -0.15) is 4.98 Å². The van der Waals surface area contributed by atoms with Crippen LogP contribution in [-0.4, -0.2) is 17.1 Å². The lowest BCUT2D eigenvalue weighted by molar-refractivity contribution is 0.184. The highest BCUT2D eigenvalue weighted by atomic mass is 35.5. The average Bonchev–Trinajstić information content (AvgIpc) is 2.35. The number of ether oxygens (including phenoxy) is 2. The Morgan fingerprint density at radius 1 is 1.28 bits per heavy atom. The fourth-order valence-corrected chi connectivity index (χ4v) is 1.64. The van der Waals surface area contributed by atoms with Gasteiger partial charge < -0.3 is 9.47 Å². The summed E-state index contributed by atoms with van der Waals surface area (Å²) >= 11 is 11.6. The molecule has 0 aliphatic rings. The van der Waals surface area contributed by atoms with Crippen LogP contribution in [-0.2, 0) is 11.3 Å². The number of aromatic nitrogens is 2. The SMILES string of the molecule is COCc1cccc(Oc2nc(Cl)ncc2Cl)c1. The zero-order valence-corrected chi connectivity index (χ0v) is 11.1. The first kappa shape index (κ1) is 13.1. The lowest BCUT2D eigenvalue weighted by Gasteiger charge is -2.07. The van der Waals surface area contributed by atoms with E-state index in [-0.39, 0.29) is 11.2 Å². The molecular weight excluding hydrogens is 275 g/mol. The number of benzene rings is 1. The molecule has 2 aromatic rings. The van der Waals surface area contributed by atoms with Crippen LogP contribution in [0.3, 0.4) is 0 Å². The molecule has 0 bridgehead atoms. The molecule has 0 saturated heterocycles. The lowest BCUT2D eigenvalue weighted by atomic mass is 10.2. The molecule has 0 saturated carbocycles.